The summed E-state index contributed by atoms with van der Waals surface area (Å²) in [5.74, 6) is 1.83. The molecular formula is C35H48O3. The number of ketones is 3. The fourth-order valence-corrected chi connectivity index (χ4v) is 10.5. The molecule has 0 saturated heterocycles. The monoisotopic (exact) mass is 516 g/mol. The van der Waals surface area contributed by atoms with E-state index in [2.05, 4.69) is 72.4 Å². The third-order valence-electron chi connectivity index (χ3n) is 12.4. The number of allylic oxidation sites excluding steroid dienone is 7. The van der Waals surface area contributed by atoms with E-state index in [4.69, 9.17) is 0 Å². The van der Waals surface area contributed by atoms with Gasteiger partial charge in [-0.15, -0.1) is 0 Å². The molecule has 206 valence electrons. The summed E-state index contributed by atoms with van der Waals surface area (Å²) in [5, 5.41) is 0. The quantitative estimate of drug-likeness (QED) is 0.285. The van der Waals surface area contributed by atoms with E-state index >= 15 is 0 Å². The molecule has 11 atom stereocenters. The van der Waals surface area contributed by atoms with Gasteiger partial charge in [0.2, 0.25) is 0 Å². The maximum atomic E-state index is 14.7. The molecule has 0 heterocycles. The second-order valence-electron chi connectivity index (χ2n) is 14.8. The summed E-state index contributed by atoms with van der Waals surface area (Å²) in [6, 6.07) is 0. The summed E-state index contributed by atoms with van der Waals surface area (Å²) in [7, 11) is 0. The van der Waals surface area contributed by atoms with E-state index in [1.807, 2.05) is 6.92 Å². The van der Waals surface area contributed by atoms with Crippen LogP contribution in [0.2, 0.25) is 0 Å². The summed E-state index contributed by atoms with van der Waals surface area (Å²) in [5.41, 5.74) is 1.45. The summed E-state index contributed by atoms with van der Waals surface area (Å²) >= 11 is 0. The van der Waals surface area contributed by atoms with Gasteiger partial charge in [-0.05, 0) is 99.2 Å². The average Bonchev–Trinajstić information content (AvgIpc) is 2.81. The molecule has 0 amide bonds. The highest BCUT2D eigenvalue weighted by atomic mass is 16.2. The summed E-state index contributed by atoms with van der Waals surface area (Å²) in [6.45, 7) is 21.0. The third kappa shape index (κ3) is 3.69. The van der Waals surface area contributed by atoms with Gasteiger partial charge >= 0.3 is 0 Å². The molecule has 0 radical (unpaired) electrons. The van der Waals surface area contributed by atoms with Gasteiger partial charge in [0, 0.05) is 17.3 Å². The maximum absolute atomic E-state index is 14.7. The molecule has 2 fully saturated rings. The van der Waals surface area contributed by atoms with Crippen LogP contribution in [-0.4, -0.2) is 17.3 Å². The standard InChI is InChI=1S/C35H48O3/c1-19(2)24-11-10-12-25(15-24)26-14-13-20(3)29-27(26)17-33(7)18-34(8)16-21(4)28(23(6)36)32(38)35(34,9)22(5)30(33)31(29)37/h10,12-14,20,22,24-27,29-30H,1,11,15-18H2,2-9H3. The van der Waals surface area contributed by atoms with Crippen molar-refractivity contribution >= 4 is 17.3 Å². The minimum Gasteiger partial charge on any atom is -0.299 e. The zero-order chi connectivity index (χ0) is 27.9. The Labute approximate surface area is 230 Å². The molecule has 11 unspecified atom stereocenters. The highest BCUT2D eigenvalue weighted by Crippen LogP contribution is 2.70. The number of fused-ring (bicyclic) bond motifs is 3. The fourth-order valence-electron chi connectivity index (χ4n) is 10.5. The van der Waals surface area contributed by atoms with Crippen LogP contribution < -0.4 is 0 Å². The van der Waals surface area contributed by atoms with E-state index in [1.54, 1.807) is 0 Å². The predicted octanol–water partition coefficient (Wildman–Crippen LogP) is 7.73. The van der Waals surface area contributed by atoms with Gasteiger partial charge in [-0.2, -0.15) is 0 Å². The van der Waals surface area contributed by atoms with Crippen LogP contribution in [-0.2, 0) is 14.4 Å². The Morgan fingerprint density at radius 2 is 1.74 bits per heavy atom. The second kappa shape index (κ2) is 9.00. The first-order valence-corrected chi connectivity index (χ1v) is 15.0. The average molecular weight is 517 g/mol. The molecule has 0 aliphatic heterocycles. The first-order chi connectivity index (χ1) is 17.7. The predicted molar refractivity (Wildman–Crippen MR) is 153 cm³/mol. The van der Waals surface area contributed by atoms with E-state index in [0.29, 0.717) is 35.0 Å². The van der Waals surface area contributed by atoms with Crippen LogP contribution in [0.4, 0.5) is 0 Å². The van der Waals surface area contributed by atoms with Crippen molar-refractivity contribution in [2.24, 2.45) is 63.6 Å². The lowest BCUT2D eigenvalue weighted by molar-refractivity contribution is -0.186. The lowest BCUT2D eigenvalue weighted by Crippen LogP contribution is -2.66. The Morgan fingerprint density at radius 3 is 2.37 bits per heavy atom. The summed E-state index contributed by atoms with van der Waals surface area (Å²) in [6.07, 6.45) is 14.3. The van der Waals surface area contributed by atoms with Crippen LogP contribution in [0.15, 0.2) is 47.6 Å². The van der Waals surface area contributed by atoms with Gasteiger partial charge in [-0.25, -0.2) is 0 Å². The normalized spacial score (nSPS) is 48.3. The number of Topliss-reactive ketones (excluding diaryl/α,β-unsaturated/α-hetero) is 3. The third-order valence-corrected chi connectivity index (χ3v) is 12.4. The zero-order valence-electron chi connectivity index (χ0n) is 24.9. The topological polar surface area (TPSA) is 51.2 Å². The molecule has 0 aromatic heterocycles. The van der Waals surface area contributed by atoms with Crippen LogP contribution in [0.25, 0.3) is 0 Å². The van der Waals surface area contributed by atoms with Crippen molar-refractivity contribution in [1.29, 1.82) is 0 Å². The van der Waals surface area contributed by atoms with Crippen LogP contribution in [0.3, 0.4) is 0 Å². The van der Waals surface area contributed by atoms with Crippen molar-refractivity contribution in [2.75, 3.05) is 0 Å². The first kappa shape index (κ1) is 27.5. The van der Waals surface area contributed by atoms with Gasteiger partial charge in [0.1, 0.15) is 5.78 Å². The van der Waals surface area contributed by atoms with E-state index in [-0.39, 0.29) is 46.1 Å². The molecule has 0 aromatic carbocycles. The van der Waals surface area contributed by atoms with Crippen molar-refractivity contribution in [3.05, 3.63) is 47.6 Å². The lowest BCUT2D eigenvalue weighted by atomic mass is 9.36. The lowest BCUT2D eigenvalue weighted by Gasteiger charge is -2.66. The minimum atomic E-state index is -0.714. The van der Waals surface area contributed by atoms with Gasteiger partial charge in [-0.3, -0.25) is 14.4 Å². The van der Waals surface area contributed by atoms with Gasteiger partial charge in [0.15, 0.2) is 11.6 Å². The molecule has 5 aliphatic rings. The molecule has 5 aliphatic carbocycles. The molecular weight excluding hydrogens is 468 g/mol. The molecule has 5 rings (SSSR count). The largest absolute Gasteiger partial charge is 0.299 e. The van der Waals surface area contributed by atoms with Gasteiger partial charge < -0.3 is 0 Å². The molecule has 0 N–H and O–H groups in total. The molecule has 3 heteroatoms. The van der Waals surface area contributed by atoms with Crippen molar-refractivity contribution in [2.45, 2.75) is 87.5 Å². The van der Waals surface area contributed by atoms with Crippen LogP contribution in [0.1, 0.15) is 87.5 Å². The smallest absolute Gasteiger partial charge is 0.173 e. The maximum Gasteiger partial charge on any atom is 0.173 e. The van der Waals surface area contributed by atoms with Gasteiger partial charge in [0.05, 0.1) is 5.57 Å². The van der Waals surface area contributed by atoms with Crippen LogP contribution in [0, 0.1) is 63.6 Å². The minimum absolute atomic E-state index is 0.000309. The highest BCUT2D eigenvalue weighted by molar-refractivity contribution is 6.22. The van der Waals surface area contributed by atoms with Gasteiger partial charge in [0.25, 0.3) is 0 Å². The van der Waals surface area contributed by atoms with Crippen molar-refractivity contribution < 1.29 is 14.4 Å². The Morgan fingerprint density at radius 1 is 1.05 bits per heavy atom. The van der Waals surface area contributed by atoms with E-state index in [0.717, 1.165) is 37.7 Å². The Hall–Kier alpha value is -2.03. The molecule has 38 heavy (non-hydrogen) atoms. The highest BCUT2D eigenvalue weighted by Gasteiger charge is 2.69. The molecule has 0 bridgehead atoms. The number of carbonyl (C=O) groups is 3. The molecule has 3 nitrogen and oxygen atoms in total. The Bertz CT molecular complexity index is 1180. The van der Waals surface area contributed by atoms with Gasteiger partial charge in [-0.1, -0.05) is 76.6 Å². The second-order valence-corrected chi connectivity index (χ2v) is 14.8. The number of hydrogen-bond acceptors (Lipinski definition) is 3. The zero-order valence-corrected chi connectivity index (χ0v) is 24.9. The van der Waals surface area contributed by atoms with Crippen molar-refractivity contribution in [3.63, 3.8) is 0 Å². The molecule has 2 saturated carbocycles. The Balaban J connectivity index is 1.56. The number of rotatable bonds is 3. The Kier molecular flexibility index (Phi) is 6.52. The SMILES string of the molecule is C=C(C)C1CC=CC(C2C=CC(C)C3C(=O)C4C(C)C5(C)C(=O)C(C(C)=O)=C(C)CC5(C)CC4(C)CC23)C1. The molecule has 0 aromatic rings. The summed E-state index contributed by atoms with van der Waals surface area (Å²) < 4.78 is 0. The van der Waals surface area contributed by atoms with E-state index in [9.17, 15) is 14.4 Å². The fraction of sp³-hybridized carbons (Fsp3) is 0.686. The van der Waals surface area contributed by atoms with Crippen LogP contribution in [0.5, 0.6) is 0 Å². The van der Waals surface area contributed by atoms with E-state index in [1.165, 1.54) is 12.5 Å². The van der Waals surface area contributed by atoms with Crippen molar-refractivity contribution in [1.82, 2.24) is 0 Å². The summed E-state index contributed by atoms with van der Waals surface area (Å²) in [4.78, 5) is 41.4. The van der Waals surface area contributed by atoms with Crippen LogP contribution >= 0.6 is 0 Å². The first-order valence-electron chi connectivity index (χ1n) is 15.0. The number of carbonyl (C=O) groups excluding carboxylic acids is 3. The molecule has 0 spiro atoms. The number of hydrogen-bond donors (Lipinski definition) is 0. The van der Waals surface area contributed by atoms with E-state index < -0.39 is 5.41 Å². The van der Waals surface area contributed by atoms with Crippen molar-refractivity contribution in [3.8, 4) is 0 Å².